The summed E-state index contributed by atoms with van der Waals surface area (Å²) in [5.74, 6) is 0. The zero-order chi connectivity index (χ0) is 15.5. The van der Waals surface area contributed by atoms with Gasteiger partial charge in [-0.2, -0.15) is 4.72 Å². The van der Waals surface area contributed by atoms with E-state index in [0.717, 1.165) is 0 Å². The van der Waals surface area contributed by atoms with E-state index in [2.05, 4.69) is 4.72 Å². The van der Waals surface area contributed by atoms with E-state index >= 15 is 0 Å². The highest BCUT2D eigenvalue weighted by Crippen LogP contribution is 2.40. The van der Waals surface area contributed by atoms with Crippen LogP contribution >= 0.6 is 34.8 Å². The van der Waals surface area contributed by atoms with Crippen LogP contribution in [-0.2, 0) is 10.0 Å². The summed E-state index contributed by atoms with van der Waals surface area (Å²) < 4.78 is 25.4. The molecule has 0 spiro atoms. The molecule has 7 heteroatoms. The Hall–Kier alpha value is -0.780. The van der Waals surface area contributed by atoms with Crippen LogP contribution in [0.1, 0.15) is 11.6 Å². The Morgan fingerprint density at radius 1 is 0.857 bits per heavy atom. The van der Waals surface area contributed by atoms with Crippen LogP contribution in [0.2, 0.25) is 0 Å². The molecular formula is C14H12Cl3NO2S. The van der Waals surface area contributed by atoms with Gasteiger partial charge in [0, 0.05) is 0 Å². The average Bonchev–Trinajstić information content (AvgIpc) is 2.46. The van der Waals surface area contributed by atoms with Crippen molar-refractivity contribution in [1.82, 2.24) is 4.72 Å². The Bertz CT molecular complexity index is 685. The SMILES string of the molecule is O=S(=O)(NC(c1ccccc1)C(Cl)(Cl)Cl)c1ccccc1. The molecule has 0 heterocycles. The Morgan fingerprint density at radius 2 is 1.33 bits per heavy atom. The minimum absolute atomic E-state index is 0.111. The van der Waals surface area contributed by atoms with Gasteiger partial charge in [-0.25, -0.2) is 8.42 Å². The van der Waals surface area contributed by atoms with Crippen molar-refractivity contribution in [3.8, 4) is 0 Å². The number of rotatable bonds is 4. The fourth-order valence-corrected chi connectivity index (χ4v) is 3.80. The number of alkyl halides is 3. The van der Waals surface area contributed by atoms with Gasteiger partial charge < -0.3 is 0 Å². The van der Waals surface area contributed by atoms with Crippen LogP contribution in [0.25, 0.3) is 0 Å². The third kappa shape index (κ3) is 4.34. The molecule has 0 aromatic heterocycles. The maximum Gasteiger partial charge on any atom is 0.241 e. The summed E-state index contributed by atoms with van der Waals surface area (Å²) in [6, 6.07) is 15.6. The predicted molar refractivity (Wildman–Crippen MR) is 86.2 cm³/mol. The molecule has 0 aliphatic heterocycles. The van der Waals surface area contributed by atoms with Gasteiger partial charge in [0.15, 0.2) is 0 Å². The van der Waals surface area contributed by atoms with Crippen LogP contribution in [0.4, 0.5) is 0 Å². The summed E-state index contributed by atoms with van der Waals surface area (Å²) >= 11 is 17.8. The number of sulfonamides is 1. The number of halogens is 3. The highest BCUT2D eigenvalue weighted by atomic mass is 35.6. The fraction of sp³-hybridized carbons (Fsp3) is 0.143. The maximum atomic E-state index is 12.4. The molecule has 0 saturated heterocycles. The number of hydrogen-bond donors (Lipinski definition) is 1. The molecular weight excluding hydrogens is 353 g/mol. The van der Waals surface area contributed by atoms with E-state index < -0.39 is 19.9 Å². The number of benzene rings is 2. The molecule has 0 bridgehead atoms. The molecule has 21 heavy (non-hydrogen) atoms. The molecule has 2 aromatic carbocycles. The monoisotopic (exact) mass is 363 g/mol. The molecule has 112 valence electrons. The van der Waals surface area contributed by atoms with Gasteiger partial charge in [0.2, 0.25) is 13.8 Å². The van der Waals surface area contributed by atoms with Gasteiger partial charge >= 0.3 is 0 Å². The van der Waals surface area contributed by atoms with E-state index in [1.807, 2.05) is 0 Å². The van der Waals surface area contributed by atoms with Crippen molar-refractivity contribution in [3.05, 3.63) is 66.2 Å². The van der Waals surface area contributed by atoms with E-state index in [0.29, 0.717) is 5.56 Å². The van der Waals surface area contributed by atoms with E-state index in [4.69, 9.17) is 34.8 Å². The standard InChI is InChI=1S/C14H12Cl3NO2S/c15-14(16,17)13(11-7-3-1-4-8-11)18-21(19,20)12-9-5-2-6-10-12/h1-10,13,18H. The summed E-state index contributed by atoms with van der Waals surface area (Å²) in [6.07, 6.45) is 0. The Kier molecular flexibility index (Phi) is 5.17. The zero-order valence-corrected chi connectivity index (χ0v) is 13.8. The van der Waals surface area contributed by atoms with E-state index in [9.17, 15) is 8.42 Å². The molecule has 2 rings (SSSR count). The minimum atomic E-state index is -3.79. The lowest BCUT2D eigenvalue weighted by atomic mass is 10.1. The first-order valence-corrected chi connectivity index (χ1v) is 8.61. The Labute approximate surface area is 138 Å². The minimum Gasteiger partial charge on any atom is -0.207 e. The van der Waals surface area contributed by atoms with Gasteiger partial charge in [0.1, 0.15) is 0 Å². The van der Waals surface area contributed by atoms with Gasteiger partial charge in [-0.3, -0.25) is 0 Å². The second kappa shape index (κ2) is 6.55. The summed E-state index contributed by atoms with van der Waals surface area (Å²) in [4.78, 5) is 0.111. The van der Waals surface area contributed by atoms with Crippen LogP contribution in [0.5, 0.6) is 0 Å². The second-order valence-electron chi connectivity index (χ2n) is 4.32. The Morgan fingerprint density at radius 3 is 1.81 bits per heavy atom. The first-order chi connectivity index (χ1) is 9.81. The number of nitrogens with one attached hydrogen (secondary N) is 1. The van der Waals surface area contributed by atoms with Crippen LogP contribution in [0.3, 0.4) is 0 Å². The lowest BCUT2D eigenvalue weighted by molar-refractivity contribution is 0.558. The molecule has 1 atom stereocenters. The van der Waals surface area contributed by atoms with Crippen molar-refractivity contribution in [2.45, 2.75) is 14.7 Å². The maximum absolute atomic E-state index is 12.4. The third-order valence-corrected chi connectivity index (χ3v) is 4.88. The molecule has 0 saturated carbocycles. The highest BCUT2D eigenvalue weighted by molar-refractivity contribution is 7.89. The molecule has 3 nitrogen and oxygen atoms in total. The molecule has 0 radical (unpaired) electrons. The van der Waals surface area contributed by atoms with Gasteiger partial charge in [-0.05, 0) is 17.7 Å². The quantitative estimate of drug-likeness (QED) is 0.831. The van der Waals surface area contributed by atoms with Crippen molar-refractivity contribution in [1.29, 1.82) is 0 Å². The van der Waals surface area contributed by atoms with Crippen molar-refractivity contribution in [2.75, 3.05) is 0 Å². The topological polar surface area (TPSA) is 46.2 Å². The molecule has 1 N–H and O–H groups in total. The lowest BCUT2D eigenvalue weighted by Crippen LogP contribution is -2.36. The molecule has 0 aliphatic carbocycles. The van der Waals surface area contributed by atoms with Crippen LogP contribution in [0, 0.1) is 0 Å². The summed E-state index contributed by atoms with van der Waals surface area (Å²) in [6.45, 7) is 0. The third-order valence-electron chi connectivity index (χ3n) is 2.79. The molecule has 0 fully saturated rings. The van der Waals surface area contributed by atoms with Crippen molar-refractivity contribution < 1.29 is 8.42 Å². The largest absolute Gasteiger partial charge is 0.241 e. The van der Waals surface area contributed by atoms with Crippen molar-refractivity contribution in [3.63, 3.8) is 0 Å². The van der Waals surface area contributed by atoms with Gasteiger partial charge in [-0.1, -0.05) is 83.3 Å². The molecule has 0 aliphatic rings. The summed E-state index contributed by atoms with van der Waals surface area (Å²) in [7, 11) is -3.79. The van der Waals surface area contributed by atoms with Gasteiger partial charge in [0.05, 0.1) is 10.9 Å². The molecule has 2 aromatic rings. The van der Waals surface area contributed by atoms with E-state index in [1.54, 1.807) is 48.5 Å². The van der Waals surface area contributed by atoms with E-state index in [-0.39, 0.29) is 4.90 Å². The van der Waals surface area contributed by atoms with Gasteiger partial charge in [0.25, 0.3) is 0 Å². The molecule has 1 unspecified atom stereocenters. The van der Waals surface area contributed by atoms with Crippen molar-refractivity contribution in [2.24, 2.45) is 0 Å². The second-order valence-corrected chi connectivity index (χ2v) is 8.40. The highest BCUT2D eigenvalue weighted by Gasteiger charge is 2.37. The number of hydrogen-bond acceptors (Lipinski definition) is 2. The normalized spacial score (nSPS) is 13.9. The smallest absolute Gasteiger partial charge is 0.207 e. The van der Waals surface area contributed by atoms with Crippen LogP contribution in [-0.4, -0.2) is 12.2 Å². The average molecular weight is 365 g/mol. The summed E-state index contributed by atoms with van der Waals surface area (Å²) in [5, 5.41) is 0. The molecule has 0 amide bonds. The summed E-state index contributed by atoms with van der Waals surface area (Å²) in [5.41, 5.74) is 0.567. The van der Waals surface area contributed by atoms with Crippen LogP contribution < -0.4 is 4.72 Å². The van der Waals surface area contributed by atoms with Crippen LogP contribution in [0.15, 0.2) is 65.6 Å². The first kappa shape index (κ1) is 16.6. The van der Waals surface area contributed by atoms with E-state index in [1.165, 1.54) is 12.1 Å². The fourth-order valence-electron chi connectivity index (χ4n) is 1.79. The van der Waals surface area contributed by atoms with Gasteiger partial charge in [-0.15, -0.1) is 0 Å². The Balaban J connectivity index is 2.37. The lowest BCUT2D eigenvalue weighted by Gasteiger charge is -2.25. The first-order valence-electron chi connectivity index (χ1n) is 6.00. The zero-order valence-electron chi connectivity index (χ0n) is 10.7. The predicted octanol–water partition coefficient (Wildman–Crippen LogP) is 4.08. The van der Waals surface area contributed by atoms with Crippen molar-refractivity contribution >= 4 is 44.8 Å².